The Labute approximate surface area is 175 Å². The zero-order chi connectivity index (χ0) is 22.1. The van der Waals surface area contributed by atoms with E-state index in [9.17, 15) is 22.0 Å². The maximum Gasteiger partial charge on any atom is 0.226 e. The Morgan fingerprint density at radius 3 is 2.53 bits per heavy atom. The van der Waals surface area contributed by atoms with E-state index in [2.05, 4.69) is 0 Å². The summed E-state index contributed by atoms with van der Waals surface area (Å²) in [7, 11) is -3.37. The quantitative estimate of drug-likeness (QED) is 0.717. The Bertz CT molecular complexity index is 1050. The minimum Gasteiger partial charge on any atom is -0.491 e. The molecule has 162 valence electrons. The normalized spacial score (nSPS) is 15.3. The topological polar surface area (TPSA) is 63.7 Å². The number of amides is 1. The minimum atomic E-state index is -3.37. The van der Waals surface area contributed by atoms with E-state index < -0.39 is 27.4 Å². The molecule has 0 saturated heterocycles. The second-order valence-electron chi connectivity index (χ2n) is 7.94. The van der Waals surface area contributed by atoms with Gasteiger partial charge in [0.15, 0.2) is 9.84 Å². The van der Waals surface area contributed by atoms with Gasteiger partial charge in [0.2, 0.25) is 5.91 Å². The number of hydrogen-bond acceptors (Lipinski definition) is 4. The molecule has 0 N–H and O–H groups in total. The molecule has 2 aromatic rings. The molecule has 1 amide bonds. The van der Waals surface area contributed by atoms with Crippen LogP contribution in [-0.4, -0.2) is 38.6 Å². The smallest absolute Gasteiger partial charge is 0.226 e. The van der Waals surface area contributed by atoms with Gasteiger partial charge in [0, 0.05) is 30.3 Å². The summed E-state index contributed by atoms with van der Waals surface area (Å²) >= 11 is 0. The number of nitrogens with zero attached hydrogens (tertiary/aromatic N) is 1. The third kappa shape index (κ3) is 4.98. The summed E-state index contributed by atoms with van der Waals surface area (Å²) < 4.78 is 56.6. The van der Waals surface area contributed by atoms with E-state index in [1.54, 1.807) is 11.0 Å². The largest absolute Gasteiger partial charge is 0.491 e. The highest BCUT2D eigenvalue weighted by Crippen LogP contribution is 2.29. The van der Waals surface area contributed by atoms with Crippen LogP contribution in [0.1, 0.15) is 25.0 Å². The van der Waals surface area contributed by atoms with Gasteiger partial charge in [-0.25, -0.2) is 17.2 Å². The van der Waals surface area contributed by atoms with Crippen LogP contribution < -0.4 is 4.74 Å². The molecule has 1 aliphatic heterocycles. The number of benzene rings is 2. The van der Waals surface area contributed by atoms with E-state index >= 15 is 0 Å². The highest BCUT2D eigenvalue weighted by atomic mass is 32.2. The molecular weight excluding hydrogens is 412 g/mol. The van der Waals surface area contributed by atoms with Crippen LogP contribution in [0.2, 0.25) is 0 Å². The van der Waals surface area contributed by atoms with Crippen molar-refractivity contribution in [1.82, 2.24) is 4.90 Å². The summed E-state index contributed by atoms with van der Waals surface area (Å²) in [6.45, 7) is 4.61. The highest BCUT2D eigenvalue weighted by molar-refractivity contribution is 7.90. The van der Waals surface area contributed by atoms with Gasteiger partial charge < -0.3 is 9.64 Å². The average molecular weight is 438 g/mol. The Morgan fingerprint density at radius 1 is 1.17 bits per heavy atom. The van der Waals surface area contributed by atoms with E-state index in [0.717, 1.165) is 12.3 Å². The van der Waals surface area contributed by atoms with Gasteiger partial charge >= 0.3 is 0 Å². The van der Waals surface area contributed by atoms with Crippen LogP contribution in [0.15, 0.2) is 41.3 Å². The molecule has 2 aromatic carbocycles. The molecule has 1 unspecified atom stereocenters. The lowest BCUT2D eigenvalue weighted by Crippen LogP contribution is -2.40. The van der Waals surface area contributed by atoms with Crippen molar-refractivity contribution in [3.05, 3.63) is 59.2 Å². The predicted octanol–water partition coefficient (Wildman–Crippen LogP) is 3.60. The van der Waals surface area contributed by atoms with Gasteiger partial charge in [-0.05, 0) is 36.1 Å². The second kappa shape index (κ2) is 8.71. The highest BCUT2D eigenvalue weighted by Gasteiger charge is 2.30. The molecule has 0 saturated carbocycles. The number of ether oxygens (including phenoxy) is 1. The zero-order valence-electron chi connectivity index (χ0n) is 17.2. The minimum absolute atomic E-state index is 0.0572. The molecule has 0 aromatic heterocycles. The van der Waals surface area contributed by atoms with E-state index in [1.807, 2.05) is 13.8 Å². The molecule has 5 nitrogen and oxygen atoms in total. The first-order chi connectivity index (χ1) is 14.1. The summed E-state index contributed by atoms with van der Waals surface area (Å²) in [6.07, 6.45) is 1.29. The van der Waals surface area contributed by atoms with Crippen LogP contribution in [0.5, 0.6) is 5.75 Å². The molecule has 0 bridgehead atoms. The Kier molecular flexibility index (Phi) is 6.45. The van der Waals surface area contributed by atoms with E-state index in [-0.39, 0.29) is 36.3 Å². The molecule has 0 aliphatic carbocycles. The van der Waals surface area contributed by atoms with Crippen molar-refractivity contribution >= 4 is 15.7 Å². The van der Waals surface area contributed by atoms with Crippen LogP contribution in [0.4, 0.5) is 8.78 Å². The van der Waals surface area contributed by atoms with Crippen molar-refractivity contribution in [3.8, 4) is 5.75 Å². The van der Waals surface area contributed by atoms with Gasteiger partial charge in [0.25, 0.3) is 0 Å². The molecule has 30 heavy (non-hydrogen) atoms. The number of carbonyl (C=O) groups excluding carboxylic acids is 1. The molecule has 8 heteroatoms. The summed E-state index contributed by atoms with van der Waals surface area (Å²) in [5.41, 5.74) is 1.01. The molecule has 1 heterocycles. The fourth-order valence-electron chi connectivity index (χ4n) is 3.54. The Morgan fingerprint density at radius 2 is 1.90 bits per heavy atom. The third-order valence-electron chi connectivity index (χ3n) is 5.34. The molecular formula is C22H25F2NO4S. The average Bonchev–Trinajstić information content (AvgIpc) is 2.87. The number of rotatable bonds is 5. The first kappa shape index (κ1) is 22.2. The molecule has 0 fully saturated rings. The third-order valence-corrected chi connectivity index (χ3v) is 6.45. The number of fused-ring (bicyclic) bond motifs is 1. The summed E-state index contributed by atoms with van der Waals surface area (Å²) in [6, 6.07) is 8.02. The van der Waals surface area contributed by atoms with E-state index in [4.69, 9.17) is 4.74 Å². The lowest BCUT2D eigenvalue weighted by atomic mass is 9.87. The fraction of sp³-hybridized carbons (Fsp3) is 0.409. The van der Waals surface area contributed by atoms with Crippen LogP contribution in [-0.2, 0) is 27.6 Å². The SMILES string of the molecule is CC(C)C(Cc1ccc(F)cc1F)C(=O)N1CCOc2cc(S(C)(=O)=O)ccc2C1. The molecule has 1 atom stereocenters. The first-order valence-electron chi connectivity index (χ1n) is 9.74. The molecule has 3 rings (SSSR count). The van der Waals surface area contributed by atoms with Gasteiger partial charge in [-0.3, -0.25) is 4.79 Å². The van der Waals surface area contributed by atoms with Gasteiger partial charge in [-0.1, -0.05) is 26.0 Å². The van der Waals surface area contributed by atoms with Crippen LogP contribution in [0.25, 0.3) is 0 Å². The summed E-state index contributed by atoms with van der Waals surface area (Å²) in [5, 5.41) is 0. The van der Waals surface area contributed by atoms with Gasteiger partial charge in [0.05, 0.1) is 11.4 Å². The standard InChI is InChI=1S/C22H25F2NO4S/c1-14(2)19(10-15-4-6-17(23)11-20(15)24)22(26)25-8-9-29-21-12-18(30(3,27)28)7-5-16(21)13-25/h4-7,11-12,14,19H,8-10,13H2,1-3H3. The molecule has 0 spiro atoms. The van der Waals surface area contributed by atoms with Gasteiger partial charge in [0.1, 0.15) is 24.0 Å². The molecule has 1 aliphatic rings. The Balaban J connectivity index is 1.83. The summed E-state index contributed by atoms with van der Waals surface area (Å²) in [5.74, 6) is -1.55. The van der Waals surface area contributed by atoms with Crippen molar-refractivity contribution < 1.29 is 26.7 Å². The fourth-order valence-corrected chi connectivity index (χ4v) is 4.17. The van der Waals surface area contributed by atoms with Crippen molar-refractivity contribution in [2.24, 2.45) is 11.8 Å². The number of carbonyl (C=O) groups is 1. The lowest BCUT2D eigenvalue weighted by molar-refractivity contribution is -0.137. The maximum absolute atomic E-state index is 14.1. The van der Waals surface area contributed by atoms with Crippen LogP contribution >= 0.6 is 0 Å². The predicted molar refractivity (Wildman–Crippen MR) is 109 cm³/mol. The van der Waals surface area contributed by atoms with Gasteiger partial charge in [-0.2, -0.15) is 0 Å². The number of sulfone groups is 1. The molecule has 0 radical (unpaired) electrons. The van der Waals surface area contributed by atoms with E-state index in [0.29, 0.717) is 23.4 Å². The number of hydrogen-bond donors (Lipinski definition) is 0. The van der Waals surface area contributed by atoms with Crippen LogP contribution in [0, 0.1) is 23.5 Å². The monoisotopic (exact) mass is 437 g/mol. The van der Waals surface area contributed by atoms with E-state index in [1.165, 1.54) is 24.3 Å². The zero-order valence-corrected chi connectivity index (χ0v) is 18.0. The van der Waals surface area contributed by atoms with Crippen LogP contribution in [0.3, 0.4) is 0 Å². The van der Waals surface area contributed by atoms with Gasteiger partial charge in [-0.15, -0.1) is 0 Å². The van der Waals surface area contributed by atoms with Crippen molar-refractivity contribution in [1.29, 1.82) is 0 Å². The Hall–Kier alpha value is -2.48. The first-order valence-corrected chi connectivity index (χ1v) is 11.6. The van der Waals surface area contributed by atoms with Crippen molar-refractivity contribution in [3.63, 3.8) is 0 Å². The van der Waals surface area contributed by atoms with Crippen molar-refractivity contribution in [2.45, 2.75) is 31.7 Å². The number of halogens is 2. The maximum atomic E-state index is 14.1. The lowest BCUT2D eigenvalue weighted by Gasteiger charge is -2.28. The second-order valence-corrected chi connectivity index (χ2v) is 9.96. The summed E-state index contributed by atoms with van der Waals surface area (Å²) in [4.78, 5) is 15.1. The van der Waals surface area contributed by atoms with Crippen molar-refractivity contribution in [2.75, 3.05) is 19.4 Å².